The van der Waals surface area contributed by atoms with Crippen LogP contribution in [0, 0.1) is 6.92 Å². The molecule has 5 nitrogen and oxygen atoms in total. The molecule has 0 saturated carbocycles. The zero-order chi connectivity index (χ0) is 17.7. The van der Waals surface area contributed by atoms with Crippen LogP contribution in [0.1, 0.15) is 22.8 Å². The van der Waals surface area contributed by atoms with Crippen LogP contribution >= 0.6 is 12.2 Å². The molecule has 0 aliphatic rings. The molecule has 2 rings (SSSR count). The molecule has 2 amide bonds. The summed E-state index contributed by atoms with van der Waals surface area (Å²) >= 11 is 5.19. The third-order valence-corrected chi connectivity index (χ3v) is 3.78. The third kappa shape index (κ3) is 4.39. The predicted molar refractivity (Wildman–Crippen MR) is 100 cm³/mol. The van der Waals surface area contributed by atoms with Gasteiger partial charge in [0.25, 0.3) is 5.91 Å². The van der Waals surface area contributed by atoms with Gasteiger partial charge in [0.2, 0.25) is 5.91 Å². The number of nitrogens with zero attached hydrogens (tertiary/aromatic N) is 1. The molecular formula is C18H19N3O2S. The number of rotatable bonds is 3. The predicted octanol–water partition coefficient (Wildman–Crippen LogP) is 3.10. The van der Waals surface area contributed by atoms with Gasteiger partial charge in [-0.05, 0) is 49.0 Å². The van der Waals surface area contributed by atoms with Gasteiger partial charge in [0.1, 0.15) is 0 Å². The van der Waals surface area contributed by atoms with Gasteiger partial charge in [-0.25, -0.2) is 0 Å². The molecule has 0 fully saturated rings. The monoisotopic (exact) mass is 341 g/mol. The van der Waals surface area contributed by atoms with Crippen molar-refractivity contribution in [3.05, 3.63) is 59.7 Å². The summed E-state index contributed by atoms with van der Waals surface area (Å²) in [5.74, 6) is -0.329. The summed E-state index contributed by atoms with van der Waals surface area (Å²) in [6, 6.07) is 14.5. The van der Waals surface area contributed by atoms with Gasteiger partial charge in [-0.2, -0.15) is 0 Å². The number of aryl methyl sites for hydroxylation is 1. The minimum Gasteiger partial charge on any atom is -0.332 e. The van der Waals surface area contributed by atoms with Crippen molar-refractivity contribution >= 4 is 40.5 Å². The number of benzene rings is 2. The lowest BCUT2D eigenvalue weighted by molar-refractivity contribution is -0.116. The molecular weight excluding hydrogens is 322 g/mol. The van der Waals surface area contributed by atoms with Gasteiger partial charge in [0.15, 0.2) is 5.11 Å². The van der Waals surface area contributed by atoms with Gasteiger partial charge in [0.05, 0.1) is 0 Å². The highest BCUT2D eigenvalue weighted by Gasteiger charge is 2.11. The molecule has 0 radical (unpaired) electrons. The summed E-state index contributed by atoms with van der Waals surface area (Å²) in [6.07, 6.45) is 0. The van der Waals surface area contributed by atoms with Gasteiger partial charge in [-0.3, -0.25) is 14.9 Å². The Morgan fingerprint density at radius 3 is 2.46 bits per heavy atom. The number of carbonyl (C=O) groups excluding carboxylic acids is 2. The summed E-state index contributed by atoms with van der Waals surface area (Å²) in [7, 11) is 1.69. The average Bonchev–Trinajstić information content (AvgIpc) is 2.54. The van der Waals surface area contributed by atoms with Crippen LogP contribution < -0.4 is 15.5 Å². The third-order valence-electron chi connectivity index (χ3n) is 3.58. The van der Waals surface area contributed by atoms with Crippen molar-refractivity contribution < 1.29 is 9.59 Å². The van der Waals surface area contributed by atoms with Gasteiger partial charge < -0.3 is 10.2 Å². The zero-order valence-electron chi connectivity index (χ0n) is 13.8. The number of thiocarbonyl (C=S) groups is 1. The van der Waals surface area contributed by atoms with E-state index in [1.54, 1.807) is 25.2 Å². The first kappa shape index (κ1) is 17.6. The standard InChI is InChI=1S/C18H19N3O2S/c1-12-7-4-5-10-16(12)17(23)20-18(24)19-14-8-6-9-15(11-14)21(3)13(2)22/h4-11H,1-3H3,(H2,19,20,23,24). The Labute approximate surface area is 146 Å². The van der Waals surface area contributed by atoms with Gasteiger partial charge in [-0.15, -0.1) is 0 Å². The summed E-state index contributed by atoms with van der Waals surface area (Å²) in [4.78, 5) is 25.2. The molecule has 2 aromatic carbocycles. The van der Waals surface area contributed by atoms with Gasteiger partial charge in [0, 0.05) is 30.9 Å². The molecule has 0 atom stereocenters. The average molecular weight is 341 g/mol. The fraction of sp³-hybridized carbons (Fsp3) is 0.167. The first-order valence-corrected chi connectivity index (χ1v) is 7.81. The second-order valence-electron chi connectivity index (χ2n) is 5.35. The first-order valence-electron chi connectivity index (χ1n) is 7.41. The van der Waals surface area contributed by atoms with Gasteiger partial charge in [-0.1, -0.05) is 24.3 Å². The van der Waals surface area contributed by atoms with Crippen LogP contribution in [0.3, 0.4) is 0 Å². The maximum atomic E-state index is 12.2. The highest BCUT2D eigenvalue weighted by Crippen LogP contribution is 2.18. The number of hydrogen-bond donors (Lipinski definition) is 2. The van der Waals surface area contributed by atoms with Gasteiger partial charge >= 0.3 is 0 Å². The number of anilines is 2. The Bertz CT molecular complexity index is 789. The Hall–Kier alpha value is -2.73. The van der Waals surface area contributed by atoms with Crippen molar-refractivity contribution in [3.63, 3.8) is 0 Å². The van der Waals surface area contributed by atoms with E-state index < -0.39 is 0 Å². The van der Waals surface area contributed by atoms with E-state index >= 15 is 0 Å². The fourth-order valence-electron chi connectivity index (χ4n) is 2.13. The Balaban J connectivity index is 2.05. The van der Waals surface area contributed by atoms with Crippen LogP contribution in [-0.2, 0) is 4.79 Å². The van der Waals surface area contributed by atoms with E-state index in [0.29, 0.717) is 11.3 Å². The van der Waals surface area contributed by atoms with E-state index in [1.807, 2.05) is 37.3 Å². The molecule has 124 valence electrons. The first-order chi connectivity index (χ1) is 11.4. The van der Waals surface area contributed by atoms with Crippen molar-refractivity contribution in [2.24, 2.45) is 0 Å². The zero-order valence-corrected chi connectivity index (χ0v) is 14.6. The Morgan fingerprint density at radius 1 is 1.08 bits per heavy atom. The Kier molecular flexibility index (Phi) is 5.65. The minimum atomic E-state index is -0.261. The molecule has 6 heteroatoms. The summed E-state index contributed by atoms with van der Waals surface area (Å²) < 4.78 is 0. The second-order valence-corrected chi connectivity index (χ2v) is 5.76. The van der Waals surface area contributed by atoms with Crippen LogP contribution in [0.5, 0.6) is 0 Å². The van der Waals surface area contributed by atoms with E-state index in [4.69, 9.17) is 12.2 Å². The van der Waals surface area contributed by atoms with E-state index in [1.165, 1.54) is 11.8 Å². The van der Waals surface area contributed by atoms with Crippen molar-refractivity contribution in [1.82, 2.24) is 5.32 Å². The summed E-state index contributed by atoms with van der Waals surface area (Å²) in [5, 5.41) is 5.82. The number of hydrogen-bond acceptors (Lipinski definition) is 3. The largest absolute Gasteiger partial charge is 0.332 e. The Morgan fingerprint density at radius 2 is 1.79 bits per heavy atom. The molecule has 0 unspecified atom stereocenters. The van der Waals surface area contributed by atoms with E-state index in [2.05, 4.69) is 10.6 Å². The van der Waals surface area contributed by atoms with Crippen molar-refractivity contribution in [2.75, 3.05) is 17.3 Å². The van der Waals surface area contributed by atoms with E-state index in [-0.39, 0.29) is 16.9 Å². The van der Waals surface area contributed by atoms with Crippen molar-refractivity contribution in [1.29, 1.82) is 0 Å². The SMILES string of the molecule is CC(=O)N(C)c1cccc(NC(=S)NC(=O)c2ccccc2C)c1. The topological polar surface area (TPSA) is 61.4 Å². The molecule has 24 heavy (non-hydrogen) atoms. The highest BCUT2D eigenvalue weighted by atomic mass is 32.1. The lowest BCUT2D eigenvalue weighted by atomic mass is 10.1. The summed E-state index contributed by atoms with van der Waals surface area (Å²) in [5.41, 5.74) is 2.88. The maximum absolute atomic E-state index is 12.2. The highest BCUT2D eigenvalue weighted by molar-refractivity contribution is 7.80. The molecule has 0 heterocycles. The minimum absolute atomic E-state index is 0.0671. The quantitative estimate of drug-likeness (QED) is 0.842. The molecule has 2 N–H and O–H groups in total. The van der Waals surface area contributed by atoms with Crippen molar-refractivity contribution in [2.45, 2.75) is 13.8 Å². The molecule has 0 aliphatic heterocycles. The maximum Gasteiger partial charge on any atom is 0.257 e. The van der Waals surface area contributed by atoms with Crippen molar-refractivity contribution in [3.8, 4) is 0 Å². The van der Waals surface area contributed by atoms with Crippen LogP contribution in [-0.4, -0.2) is 24.0 Å². The van der Waals surface area contributed by atoms with Crippen LogP contribution in [0.2, 0.25) is 0 Å². The number of nitrogens with one attached hydrogen (secondary N) is 2. The fourth-order valence-corrected chi connectivity index (χ4v) is 2.35. The number of carbonyl (C=O) groups is 2. The lowest BCUT2D eigenvalue weighted by Crippen LogP contribution is -2.34. The molecule has 0 spiro atoms. The number of amides is 2. The smallest absolute Gasteiger partial charge is 0.257 e. The molecule has 2 aromatic rings. The van der Waals surface area contributed by atoms with Crippen LogP contribution in [0.15, 0.2) is 48.5 Å². The molecule has 0 saturated heterocycles. The normalized spacial score (nSPS) is 9.96. The summed E-state index contributed by atoms with van der Waals surface area (Å²) in [6.45, 7) is 3.36. The lowest BCUT2D eigenvalue weighted by Gasteiger charge is -2.17. The van der Waals surface area contributed by atoms with E-state index in [0.717, 1.165) is 11.3 Å². The van der Waals surface area contributed by atoms with Crippen LogP contribution in [0.4, 0.5) is 11.4 Å². The second kappa shape index (κ2) is 7.70. The van der Waals surface area contributed by atoms with E-state index in [9.17, 15) is 9.59 Å². The molecule has 0 aliphatic carbocycles. The molecule has 0 aromatic heterocycles. The van der Waals surface area contributed by atoms with Crippen LogP contribution in [0.25, 0.3) is 0 Å². The molecule has 0 bridgehead atoms.